The molecule has 2 aliphatic rings. The molecule has 0 bridgehead atoms. The third-order valence-electron chi connectivity index (χ3n) is 2.87. The topological polar surface area (TPSA) is 24.5 Å². The van der Waals surface area contributed by atoms with Gasteiger partial charge in [0.15, 0.2) is 5.11 Å². The predicted octanol–water partition coefficient (Wildman–Crippen LogP) is 1.38. The molecule has 2 fully saturated rings. The number of rotatable bonds is 6. The first-order chi connectivity index (χ1) is 7.25. The molecule has 0 aromatic heterocycles. The average Bonchev–Trinajstić information content (AvgIpc) is 3.05. The molecule has 0 unspecified atom stereocenters. The summed E-state index contributed by atoms with van der Waals surface area (Å²) >= 11 is 5.27. The van der Waals surface area contributed by atoms with E-state index in [9.17, 15) is 0 Å². The van der Waals surface area contributed by atoms with E-state index in [0.717, 1.165) is 30.8 Å². The molecule has 2 aliphatic carbocycles. The minimum atomic E-state index is 0.646. The minimum Gasteiger partial charge on any atom is -0.379 e. The van der Waals surface area contributed by atoms with Crippen molar-refractivity contribution in [3.8, 4) is 0 Å². The largest absolute Gasteiger partial charge is 0.379 e. The summed E-state index contributed by atoms with van der Waals surface area (Å²) in [7, 11) is 2.03. The maximum Gasteiger partial charge on any atom is 0.168 e. The predicted molar refractivity (Wildman–Crippen MR) is 64.9 cm³/mol. The van der Waals surface area contributed by atoms with E-state index in [1.807, 2.05) is 7.05 Å². The molecule has 0 spiro atoms. The van der Waals surface area contributed by atoms with E-state index in [-0.39, 0.29) is 0 Å². The van der Waals surface area contributed by atoms with E-state index in [1.165, 1.54) is 25.7 Å². The molecule has 2 saturated carbocycles. The van der Waals surface area contributed by atoms with E-state index < -0.39 is 0 Å². The Hall–Kier alpha value is -0.350. The van der Waals surface area contributed by atoms with E-state index in [2.05, 4.69) is 10.2 Å². The monoisotopic (exact) mass is 228 g/mol. The number of thiocarbonyl (C=S) groups is 1. The second kappa shape index (κ2) is 5.12. The van der Waals surface area contributed by atoms with Crippen molar-refractivity contribution in [3.63, 3.8) is 0 Å². The third-order valence-corrected chi connectivity index (χ3v) is 3.30. The van der Waals surface area contributed by atoms with Gasteiger partial charge in [-0.2, -0.15) is 0 Å². The van der Waals surface area contributed by atoms with E-state index >= 15 is 0 Å². The lowest BCUT2D eigenvalue weighted by molar-refractivity contribution is 0.115. The summed E-state index contributed by atoms with van der Waals surface area (Å²) in [5, 5.41) is 4.19. The van der Waals surface area contributed by atoms with Crippen LogP contribution in [0.4, 0.5) is 0 Å². The molecule has 0 atom stereocenters. The maximum absolute atomic E-state index is 5.57. The summed E-state index contributed by atoms with van der Waals surface area (Å²) in [6.07, 6.45) is 5.26. The van der Waals surface area contributed by atoms with E-state index in [0.29, 0.717) is 6.04 Å². The second-order valence-corrected chi connectivity index (χ2v) is 5.05. The van der Waals surface area contributed by atoms with Crippen LogP contribution >= 0.6 is 12.2 Å². The van der Waals surface area contributed by atoms with Gasteiger partial charge in [-0.25, -0.2) is 0 Å². The van der Waals surface area contributed by atoms with E-state index in [1.54, 1.807) is 0 Å². The van der Waals surface area contributed by atoms with Crippen molar-refractivity contribution in [2.45, 2.75) is 31.7 Å². The van der Waals surface area contributed by atoms with Crippen LogP contribution in [-0.2, 0) is 4.74 Å². The van der Waals surface area contributed by atoms with Gasteiger partial charge in [-0.1, -0.05) is 0 Å². The normalized spacial score (nSPS) is 20.1. The highest BCUT2D eigenvalue weighted by atomic mass is 32.1. The molecular weight excluding hydrogens is 208 g/mol. The summed E-state index contributed by atoms with van der Waals surface area (Å²) in [5.41, 5.74) is 0. The first-order valence-electron chi connectivity index (χ1n) is 5.85. The quantitative estimate of drug-likeness (QED) is 0.548. The Morgan fingerprint density at radius 2 is 2.13 bits per heavy atom. The number of hydrogen-bond acceptors (Lipinski definition) is 2. The Morgan fingerprint density at radius 1 is 1.40 bits per heavy atom. The third kappa shape index (κ3) is 4.34. The molecule has 0 radical (unpaired) electrons. The Bertz CT molecular complexity index is 227. The first-order valence-corrected chi connectivity index (χ1v) is 6.26. The van der Waals surface area contributed by atoms with Crippen molar-refractivity contribution in [1.29, 1.82) is 0 Å². The number of ether oxygens (including phenoxy) is 1. The fourth-order valence-electron chi connectivity index (χ4n) is 1.35. The zero-order chi connectivity index (χ0) is 10.7. The number of nitrogens with zero attached hydrogens (tertiary/aromatic N) is 1. The van der Waals surface area contributed by atoms with Gasteiger partial charge in [-0.15, -0.1) is 0 Å². The van der Waals surface area contributed by atoms with Crippen LogP contribution in [0.25, 0.3) is 0 Å². The second-order valence-electron chi connectivity index (χ2n) is 4.66. The van der Waals surface area contributed by atoms with Crippen LogP contribution in [0.15, 0.2) is 0 Å². The molecule has 0 aromatic carbocycles. The number of hydrogen-bond donors (Lipinski definition) is 1. The van der Waals surface area contributed by atoms with Gasteiger partial charge in [0, 0.05) is 26.2 Å². The van der Waals surface area contributed by atoms with Crippen molar-refractivity contribution in [1.82, 2.24) is 10.2 Å². The molecule has 1 N–H and O–H groups in total. The van der Waals surface area contributed by atoms with Gasteiger partial charge in [0.05, 0.1) is 6.61 Å². The van der Waals surface area contributed by atoms with Crippen molar-refractivity contribution >= 4 is 17.3 Å². The summed E-state index contributed by atoms with van der Waals surface area (Å²) in [6, 6.07) is 0.646. The summed E-state index contributed by atoms with van der Waals surface area (Å²) in [4.78, 5) is 2.07. The van der Waals surface area contributed by atoms with Crippen LogP contribution in [-0.4, -0.2) is 42.9 Å². The average molecular weight is 228 g/mol. The molecule has 0 aromatic rings. The fraction of sp³-hybridized carbons (Fsp3) is 0.909. The summed E-state index contributed by atoms with van der Waals surface area (Å²) < 4.78 is 5.57. The van der Waals surface area contributed by atoms with Crippen LogP contribution < -0.4 is 5.32 Å². The Morgan fingerprint density at radius 3 is 2.73 bits per heavy atom. The minimum absolute atomic E-state index is 0.646. The maximum atomic E-state index is 5.57. The summed E-state index contributed by atoms with van der Waals surface area (Å²) in [6.45, 7) is 2.63. The summed E-state index contributed by atoms with van der Waals surface area (Å²) in [5.74, 6) is 0.854. The zero-order valence-electron chi connectivity index (χ0n) is 9.37. The molecule has 86 valence electrons. The molecule has 4 heteroatoms. The van der Waals surface area contributed by atoms with Crippen LogP contribution in [0.1, 0.15) is 25.7 Å². The highest BCUT2D eigenvalue weighted by Crippen LogP contribution is 2.28. The SMILES string of the molecule is CN(CCOCC1CC1)C(=S)NC1CC1. The number of likely N-dealkylation sites (N-methyl/N-ethyl adjacent to an activating group) is 1. The van der Waals surface area contributed by atoms with Gasteiger partial charge in [0.1, 0.15) is 0 Å². The van der Waals surface area contributed by atoms with Crippen molar-refractivity contribution in [3.05, 3.63) is 0 Å². The molecule has 0 saturated heterocycles. The highest BCUT2D eigenvalue weighted by Gasteiger charge is 2.23. The molecule has 0 aliphatic heterocycles. The number of nitrogens with one attached hydrogen (secondary N) is 1. The molecule has 0 heterocycles. The zero-order valence-corrected chi connectivity index (χ0v) is 10.2. The molecular formula is C11H20N2OS. The molecule has 3 nitrogen and oxygen atoms in total. The van der Waals surface area contributed by atoms with Crippen molar-refractivity contribution in [2.24, 2.45) is 5.92 Å². The van der Waals surface area contributed by atoms with Crippen LogP contribution in [0.3, 0.4) is 0 Å². The lowest BCUT2D eigenvalue weighted by Gasteiger charge is -2.20. The smallest absolute Gasteiger partial charge is 0.168 e. The Kier molecular flexibility index (Phi) is 3.81. The Labute approximate surface area is 97.2 Å². The standard InChI is InChI=1S/C11H20N2OS/c1-13(11(15)12-10-4-5-10)6-7-14-8-9-2-3-9/h9-10H,2-8H2,1H3,(H,12,15). The molecule has 0 amide bonds. The molecule has 15 heavy (non-hydrogen) atoms. The lowest BCUT2D eigenvalue weighted by Crippen LogP contribution is -2.39. The Balaban J connectivity index is 1.49. The van der Waals surface area contributed by atoms with Gasteiger partial charge < -0.3 is 15.0 Å². The van der Waals surface area contributed by atoms with Crippen molar-refractivity contribution < 1.29 is 4.74 Å². The van der Waals surface area contributed by atoms with Crippen LogP contribution in [0.5, 0.6) is 0 Å². The van der Waals surface area contributed by atoms with Crippen LogP contribution in [0, 0.1) is 5.92 Å². The molecule has 2 rings (SSSR count). The van der Waals surface area contributed by atoms with Gasteiger partial charge in [0.2, 0.25) is 0 Å². The first kappa shape index (κ1) is 11.1. The highest BCUT2D eigenvalue weighted by molar-refractivity contribution is 7.80. The lowest BCUT2D eigenvalue weighted by atomic mass is 10.5. The van der Waals surface area contributed by atoms with Crippen LogP contribution in [0.2, 0.25) is 0 Å². The van der Waals surface area contributed by atoms with Gasteiger partial charge in [-0.05, 0) is 43.8 Å². The van der Waals surface area contributed by atoms with Gasteiger partial charge in [-0.3, -0.25) is 0 Å². The van der Waals surface area contributed by atoms with Gasteiger partial charge in [0.25, 0.3) is 0 Å². The van der Waals surface area contributed by atoms with Gasteiger partial charge >= 0.3 is 0 Å². The van der Waals surface area contributed by atoms with E-state index in [4.69, 9.17) is 17.0 Å². The fourth-order valence-corrected chi connectivity index (χ4v) is 1.61. The van der Waals surface area contributed by atoms with Crippen molar-refractivity contribution in [2.75, 3.05) is 26.8 Å².